The first kappa shape index (κ1) is 13.0. The Morgan fingerprint density at radius 1 is 1.53 bits per heavy atom. The number of carbonyl (C=O) groups is 1. The minimum atomic E-state index is -0.949. The van der Waals surface area contributed by atoms with Crippen LogP contribution in [0.4, 0.5) is 0 Å². The molecular weight excluding hydrogens is 218 g/mol. The van der Waals surface area contributed by atoms with Crippen LogP contribution in [0, 0.1) is 23.7 Å². The van der Waals surface area contributed by atoms with Gasteiger partial charge in [-0.05, 0) is 38.5 Å². The number of hydrogen-bond acceptors (Lipinski definition) is 3. The summed E-state index contributed by atoms with van der Waals surface area (Å²) in [5, 5.41) is 17.7. The molecule has 0 radical (unpaired) electrons. The molecular formula is C13H15NO3. The summed E-state index contributed by atoms with van der Waals surface area (Å²) >= 11 is 0. The summed E-state index contributed by atoms with van der Waals surface area (Å²) in [5.41, 5.74) is 0.429. The van der Waals surface area contributed by atoms with E-state index in [-0.39, 0.29) is 6.61 Å². The van der Waals surface area contributed by atoms with Gasteiger partial charge < -0.3 is 9.84 Å². The van der Waals surface area contributed by atoms with Crippen LogP contribution in [-0.2, 0) is 4.79 Å². The molecule has 1 rings (SSSR count). The molecule has 0 fully saturated rings. The van der Waals surface area contributed by atoms with Gasteiger partial charge in [-0.1, -0.05) is 6.07 Å². The number of benzene rings is 1. The van der Waals surface area contributed by atoms with Gasteiger partial charge in [0.05, 0.1) is 17.0 Å². The van der Waals surface area contributed by atoms with Crippen molar-refractivity contribution in [1.29, 1.82) is 5.26 Å². The van der Waals surface area contributed by atoms with Gasteiger partial charge >= 0.3 is 5.97 Å². The van der Waals surface area contributed by atoms with E-state index in [9.17, 15) is 4.79 Å². The predicted molar refractivity (Wildman–Crippen MR) is 62.8 cm³/mol. The highest BCUT2D eigenvalue weighted by Gasteiger charge is 2.28. The fourth-order valence-corrected chi connectivity index (χ4v) is 1.15. The Balaban J connectivity index is 2.83. The van der Waals surface area contributed by atoms with Crippen molar-refractivity contribution in [2.24, 2.45) is 5.41 Å². The number of nitrogens with zero attached hydrogens (tertiary/aromatic N) is 1. The van der Waals surface area contributed by atoms with E-state index in [4.69, 9.17) is 15.1 Å². The van der Waals surface area contributed by atoms with Crippen molar-refractivity contribution < 1.29 is 14.6 Å². The monoisotopic (exact) mass is 233 g/mol. The second-order valence-electron chi connectivity index (χ2n) is 4.57. The summed E-state index contributed by atoms with van der Waals surface area (Å²) in [5.74, 6) is -0.357. The Morgan fingerprint density at radius 2 is 2.18 bits per heavy atom. The Hall–Kier alpha value is -2.02. The lowest BCUT2D eigenvalue weighted by atomic mass is 9.95. The first-order valence-electron chi connectivity index (χ1n) is 5.24. The smallest absolute Gasteiger partial charge is 0.312 e. The molecule has 0 spiro atoms. The molecule has 4 nitrogen and oxygen atoms in total. The molecule has 0 unspecified atom stereocenters. The third kappa shape index (κ3) is 3.22. The van der Waals surface area contributed by atoms with Crippen molar-refractivity contribution in [1.82, 2.24) is 0 Å². The molecule has 0 heterocycles. The van der Waals surface area contributed by atoms with Gasteiger partial charge in [0.25, 0.3) is 0 Å². The van der Waals surface area contributed by atoms with E-state index < -0.39 is 11.4 Å². The number of aliphatic carboxylic acids is 1. The average Bonchev–Trinajstić information content (AvgIpc) is 2.28. The minimum absolute atomic E-state index is 0.0675. The van der Waals surface area contributed by atoms with Gasteiger partial charge in [0, 0.05) is 0 Å². The first-order valence-corrected chi connectivity index (χ1v) is 5.24. The zero-order valence-corrected chi connectivity index (χ0v) is 10.2. The number of carboxylic acids is 1. The average molecular weight is 233 g/mol. The molecule has 0 bridgehead atoms. The lowest BCUT2D eigenvalue weighted by molar-refractivity contribution is -0.148. The van der Waals surface area contributed by atoms with Crippen LogP contribution in [0.5, 0.6) is 5.75 Å². The topological polar surface area (TPSA) is 70.3 Å². The van der Waals surface area contributed by atoms with Crippen molar-refractivity contribution in [3.05, 3.63) is 29.3 Å². The second-order valence-corrected chi connectivity index (χ2v) is 4.57. The van der Waals surface area contributed by atoms with Crippen LogP contribution in [0.3, 0.4) is 0 Å². The third-order valence-electron chi connectivity index (χ3n) is 2.48. The summed E-state index contributed by atoms with van der Waals surface area (Å²) in [6.07, 6.45) is 0. The van der Waals surface area contributed by atoms with Gasteiger partial charge in [0.15, 0.2) is 0 Å². The molecule has 1 N–H and O–H groups in total. The lowest BCUT2D eigenvalue weighted by Gasteiger charge is -2.20. The highest BCUT2D eigenvalue weighted by molar-refractivity contribution is 5.73. The highest BCUT2D eigenvalue weighted by atomic mass is 16.5. The molecule has 1 aromatic rings. The van der Waals surface area contributed by atoms with E-state index in [0.29, 0.717) is 11.3 Å². The molecule has 90 valence electrons. The van der Waals surface area contributed by atoms with E-state index in [1.807, 2.05) is 13.0 Å². The fourth-order valence-electron chi connectivity index (χ4n) is 1.15. The molecule has 0 aromatic heterocycles. The van der Waals surface area contributed by atoms with Gasteiger partial charge in [-0.15, -0.1) is 0 Å². The van der Waals surface area contributed by atoms with E-state index in [0.717, 1.165) is 5.56 Å². The van der Waals surface area contributed by atoms with Gasteiger partial charge in [-0.3, -0.25) is 4.79 Å². The summed E-state index contributed by atoms with van der Waals surface area (Å²) in [6, 6.07) is 7.11. The summed E-state index contributed by atoms with van der Waals surface area (Å²) in [4.78, 5) is 10.9. The maximum atomic E-state index is 10.9. The fraction of sp³-hybridized carbons (Fsp3) is 0.385. The van der Waals surface area contributed by atoms with Gasteiger partial charge in [0.2, 0.25) is 0 Å². The number of rotatable bonds is 4. The van der Waals surface area contributed by atoms with Crippen molar-refractivity contribution in [3.8, 4) is 11.8 Å². The maximum absolute atomic E-state index is 10.9. The van der Waals surface area contributed by atoms with Gasteiger partial charge in [0.1, 0.15) is 12.4 Å². The van der Waals surface area contributed by atoms with Crippen LogP contribution >= 0.6 is 0 Å². The van der Waals surface area contributed by atoms with E-state index in [1.54, 1.807) is 32.0 Å². The highest BCUT2D eigenvalue weighted by Crippen LogP contribution is 2.23. The Kier molecular flexibility index (Phi) is 3.74. The third-order valence-corrected chi connectivity index (χ3v) is 2.48. The van der Waals surface area contributed by atoms with Crippen LogP contribution < -0.4 is 4.74 Å². The van der Waals surface area contributed by atoms with E-state index in [1.165, 1.54) is 0 Å². The van der Waals surface area contributed by atoms with Crippen LogP contribution in [0.2, 0.25) is 0 Å². The van der Waals surface area contributed by atoms with Crippen molar-refractivity contribution in [2.45, 2.75) is 20.8 Å². The predicted octanol–water partition coefficient (Wildman–Crippen LogP) is 2.36. The molecule has 0 saturated heterocycles. The number of ether oxygens (including phenoxy) is 1. The molecule has 4 heteroatoms. The standard InChI is InChI=1S/C13H15NO3/c1-9-4-5-10(7-14)6-11(9)17-8-13(2,3)12(15)16/h4-6H,8H2,1-3H3,(H,15,16). The quantitative estimate of drug-likeness (QED) is 0.866. The van der Waals surface area contributed by atoms with Gasteiger partial charge in [-0.2, -0.15) is 5.26 Å². The number of nitriles is 1. The molecule has 0 aliphatic rings. The molecule has 0 amide bonds. The van der Waals surface area contributed by atoms with Crippen LogP contribution in [0.1, 0.15) is 25.0 Å². The normalized spacial score (nSPS) is 10.7. The van der Waals surface area contributed by atoms with E-state index in [2.05, 4.69) is 0 Å². The van der Waals surface area contributed by atoms with Gasteiger partial charge in [-0.25, -0.2) is 0 Å². The van der Waals surface area contributed by atoms with Crippen molar-refractivity contribution in [2.75, 3.05) is 6.61 Å². The number of carboxylic acid groups (broad SMARTS) is 1. The van der Waals surface area contributed by atoms with Crippen LogP contribution in [0.25, 0.3) is 0 Å². The van der Waals surface area contributed by atoms with Crippen LogP contribution in [-0.4, -0.2) is 17.7 Å². The molecule has 0 atom stereocenters. The summed E-state index contributed by atoms with van der Waals surface area (Å²) in [7, 11) is 0. The molecule has 0 saturated carbocycles. The number of hydrogen-bond donors (Lipinski definition) is 1. The molecule has 1 aromatic carbocycles. The lowest BCUT2D eigenvalue weighted by Crippen LogP contribution is -2.30. The first-order chi connectivity index (χ1) is 7.86. The summed E-state index contributed by atoms with van der Waals surface area (Å²) in [6.45, 7) is 5.11. The Morgan fingerprint density at radius 3 is 2.71 bits per heavy atom. The second kappa shape index (κ2) is 4.88. The largest absolute Gasteiger partial charge is 0.492 e. The zero-order chi connectivity index (χ0) is 13.1. The molecule has 17 heavy (non-hydrogen) atoms. The Bertz CT molecular complexity index is 472. The molecule has 0 aliphatic heterocycles. The van der Waals surface area contributed by atoms with Crippen molar-refractivity contribution in [3.63, 3.8) is 0 Å². The van der Waals surface area contributed by atoms with Crippen LogP contribution in [0.15, 0.2) is 18.2 Å². The SMILES string of the molecule is Cc1ccc(C#N)cc1OCC(C)(C)C(=O)O. The van der Waals surface area contributed by atoms with Crippen molar-refractivity contribution >= 4 is 5.97 Å². The number of aryl methyl sites for hydroxylation is 1. The Labute approximate surface area is 100 Å². The maximum Gasteiger partial charge on any atom is 0.312 e. The minimum Gasteiger partial charge on any atom is -0.492 e. The van der Waals surface area contributed by atoms with E-state index >= 15 is 0 Å². The summed E-state index contributed by atoms with van der Waals surface area (Å²) < 4.78 is 5.47. The zero-order valence-electron chi connectivity index (χ0n) is 10.2. The molecule has 0 aliphatic carbocycles.